The summed E-state index contributed by atoms with van der Waals surface area (Å²) in [6, 6.07) is 6.38. The predicted molar refractivity (Wildman–Crippen MR) is 61.9 cm³/mol. The summed E-state index contributed by atoms with van der Waals surface area (Å²) < 4.78 is 13.3. The van der Waals surface area contributed by atoms with Crippen LogP contribution >= 0.6 is 0 Å². The molecule has 0 atom stereocenters. The highest BCUT2D eigenvalue weighted by molar-refractivity contribution is 5.57. The van der Waals surface area contributed by atoms with E-state index in [1.165, 1.54) is 6.07 Å². The summed E-state index contributed by atoms with van der Waals surface area (Å²) >= 11 is 0. The summed E-state index contributed by atoms with van der Waals surface area (Å²) in [7, 11) is 0. The number of imidazole rings is 1. The molecule has 0 aliphatic rings. The molecule has 0 bridgehead atoms. The second kappa shape index (κ2) is 5.12. The Morgan fingerprint density at radius 3 is 3.06 bits per heavy atom. The van der Waals surface area contributed by atoms with Gasteiger partial charge in [-0.25, -0.2) is 9.37 Å². The van der Waals surface area contributed by atoms with Crippen LogP contribution in [0.4, 0.5) is 10.1 Å². The molecule has 0 amide bonds. The van der Waals surface area contributed by atoms with Crippen LogP contribution in [-0.4, -0.2) is 16.5 Å². The average Bonchev–Trinajstić information content (AvgIpc) is 2.82. The largest absolute Gasteiger partial charge is 0.383 e. The average molecular weight is 230 g/mol. The first-order chi connectivity index (χ1) is 8.31. The van der Waals surface area contributed by atoms with Crippen LogP contribution in [0.15, 0.2) is 30.6 Å². The number of halogens is 1. The number of H-pyrrole nitrogens is 1. The van der Waals surface area contributed by atoms with Crippen molar-refractivity contribution in [2.24, 2.45) is 0 Å². The Morgan fingerprint density at radius 2 is 2.35 bits per heavy atom. The van der Waals surface area contributed by atoms with Gasteiger partial charge in [0, 0.05) is 25.4 Å². The van der Waals surface area contributed by atoms with Crippen LogP contribution in [0.3, 0.4) is 0 Å². The van der Waals surface area contributed by atoms with Crippen LogP contribution in [0.2, 0.25) is 0 Å². The number of nitrogens with one attached hydrogen (secondary N) is 2. The molecular formula is C12H11FN4. The normalized spacial score (nSPS) is 9.88. The van der Waals surface area contributed by atoms with Gasteiger partial charge in [-0.2, -0.15) is 5.26 Å². The molecule has 4 nitrogen and oxygen atoms in total. The molecule has 5 heteroatoms. The molecule has 2 rings (SSSR count). The molecule has 0 fully saturated rings. The van der Waals surface area contributed by atoms with Gasteiger partial charge in [0.05, 0.1) is 5.69 Å². The Bertz CT molecular complexity index is 528. The summed E-state index contributed by atoms with van der Waals surface area (Å²) in [5.41, 5.74) is 0.561. The third-order valence-corrected chi connectivity index (χ3v) is 2.36. The zero-order valence-corrected chi connectivity index (χ0v) is 9.07. The lowest BCUT2D eigenvalue weighted by Crippen LogP contribution is -2.07. The topological polar surface area (TPSA) is 64.5 Å². The number of rotatable bonds is 4. The highest BCUT2D eigenvalue weighted by Gasteiger charge is 2.06. The van der Waals surface area contributed by atoms with Gasteiger partial charge in [0.15, 0.2) is 0 Å². The lowest BCUT2D eigenvalue weighted by atomic mass is 10.2. The number of nitrogens with zero attached hydrogens (tertiary/aromatic N) is 2. The van der Waals surface area contributed by atoms with Crippen LogP contribution in [0.25, 0.3) is 0 Å². The molecule has 17 heavy (non-hydrogen) atoms. The summed E-state index contributed by atoms with van der Waals surface area (Å²) in [6.07, 6.45) is 4.12. The Morgan fingerprint density at radius 1 is 1.47 bits per heavy atom. The number of aromatic amines is 1. The molecule has 1 aromatic carbocycles. The van der Waals surface area contributed by atoms with Crippen LogP contribution < -0.4 is 5.32 Å². The lowest BCUT2D eigenvalue weighted by Gasteiger charge is -2.07. The number of nitriles is 1. The van der Waals surface area contributed by atoms with E-state index in [9.17, 15) is 4.39 Å². The fourth-order valence-electron chi connectivity index (χ4n) is 1.54. The Hall–Kier alpha value is -2.35. The summed E-state index contributed by atoms with van der Waals surface area (Å²) in [5.74, 6) is 0.350. The molecule has 1 heterocycles. The monoisotopic (exact) mass is 230 g/mol. The van der Waals surface area contributed by atoms with Crippen molar-refractivity contribution in [3.8, 4) is 6.07 Å². The first-order valence-electron chi connectivity index (χ1n) is 5.22. The molecule has 0 saturated heterocycles. The highest BCUT2D eigenvalue weighted by atomic mass is 19.1. The van der Waals surface area contributed by atoms with Crippen molar-refractivity contribution in [1.29, 1.82) is 5.26 Å². The van der Waals surface area contributed by atoms with Gasteiger partial charge in [-0.15, -0.1) is 0 Å². The van der Waals surface area contributed by atoms with Gasteiger partial charge in [-0.05, 0) is 12.1 Å². The zero-order valence-electron chi connectivity index (χ0n) is 9.07. The number of anilines is 1. The molecule has 0 spiro atoms. The minimum atomic E-state index is -0.504. The van der Waals surface area contributed by atoms with Crippen molar-refractivity contribution in [3.63, 3.8) is 0 Å². The van der Waals surface area contributed by atoms with E-state index in [0.29, 0.717) is 18.7 Å². The Balaban J connectivity index is 2.00. The van der Waals surface area contributed by atoms with Gasteiger partial charge >= 0.3 is 0 Å². The molecular weight excluding hydrogens is 219 g/mol. The first kappa shape index (κ1) is 11.1. The molecule has 0 aliphatic carbocycles. The van der Waals surface area contributed by atoms with Gasteiger partial charge in [-0.1, -0.05) is 6.07 Å². The van der Waals surface area contributed by atoms with E-state index in [4.69, 9.17) is 5.26 Å². The molecule has 0 unspecified atom stereocenters. The van der Waals surface area contributed by atoms with Crippen LogP contribution in [0, 0.1) is 17.1 Å². The second-order valence-electron chi connectivity index (χ2n) is 3.49. The maximum Gasteiger partial charge on any atom is 0.143 e. The van der Waals surface area contributed by atoms with E-state index in [1.54, 1.807) is 24.5 Å². The molecule has 0 radical (unpaired) electrons. The quantitative estimate of drug-likeness (QED) is 0.845. The summed E-state index contributed by atoms with van der Waals surface area (Å²) in [4.78, 5) is 7.05. The van der Waals surface area contributed by atoms with Gasteiger partial charge in [-0.3, -0.25) is 0 Å². The van der Waals surface area contributed by atoms with Gasteiger partial charge in [0.2, 0.25) is 0 Å². The summed E-state index contributed by atoms with van der Waals surface area (Å²) in [5, 5.41) is 11.9. The van der Waals surface area contributed by atoms with Gasteiger partial charge in [0.25, 0.3) is 0 Å². The Kier molecular flexibility index (Phi) is 3.36. The molecule has 1 aromatic heterocycles. The number of hydrogen-bond donors (Lipinski definition) is 2. The second-order valence-corrected chi connectivity index (χ2v) is 3.49. The first-order valence-corrected chi connectivity index (χ1v) is 5.22. The molecule has 2 N–H and O–H groups in total. The van der Waals surface area contributed by atoms with Crippen molar-refractivity contribution >= 4 is 5.69 Å². The van der Waals surface area contributed by atoms with E-state index >= 15 is 0 Å². The van der Waals surface area contributed by atoms with Gasteiger partial charge < -0.3 is 10.3 Å². The van der Waals surface area contributed by atoms with Crippen LogP contribution in [0.1, 0.15) is 11.4 Å². The van der Waals surface area contributed by atoms with E-state index in [0.717, 1.165) is 5.82 Å². The highest BCUT2D eigenvalue weighted by Crippen LogP contribution is 2.17. The lowest BCUT2D eigenvalue weighted by molar-refractivity contribution is 0.624. The van der Waals surface area contributed by atoms with Crippen LogP contribution in [-0.2, 0) is 6.42 Å². The van der Waals surface area contributed by atoms with E-state index < -0.39 is 5.82 Å². The number of aromatic nitrogens is 2. The smallest absolute Gasteiger partial charge is 0.143 e. The maximum absolute atomic E-state index is 13.3. The molecule has 0 aliphatic heterocycles. The van der Waals surface area contributed by atoms with Crippen molar-refractivity contribution in [2.75, 3.05) is 11.9 Å². The van der Waals surface area contributed by atoms with E-state index in [-0.39, 0.29) is 5.56 Å². The maximum atomic E-state index is 13.3. The third kappa shape index (κ3) is 2.61. The number of benzene rings is 1. The van der Waals surface area contributed by atoms with Gasteiger partial charge in [0.1, 0.15) is 23.3 Å². The minimum absolute atomic E-state index is 0.0481. The number of hydrogen-bond acceptors (Lipinski definition) is 3. The minimum Gasteiger partial charge on any atom is -0.383 e. The van der Waals surface area contributed by atoms with Crippen LogP contribution in [0.5, 0.6) is 0 Å². The Labute approximate surface area is 98.1 Å². The third-order valence-electron chi connectivity index (χ3n) is 2.36. The molecule has 86 valence electrons. The molecule has 0 saturated carbocycles. The van der Waals surface area contributed by atoms with Crippen molar-refractivity contribution in [3.05, 3.63) is 47.8 Å². The SMILES string of the molecule is N#Cc1c(F)cccc1NCCc1ncc[nH]1. The van der Waals surface area contributed by atoms with E-state index in [1.807, 2.05) is 6.07 Å². The fraction of sp³-hybridized carbons (Fsp3) is 0.167. The standard InChI is InChI=1S/C12H11FN4/c13-10-2-1-3-11(9(10)8-14)15-5-4-12-16-6-7-17-12/h1-3,6-7,15H,4-5H2,(H,16,17). The van der Waals surface area contributed by atoms with E-state index in [2.05, 4.69) is 15.3 Å². The zero-order chi connectivity index (χ0) is 12.1. The predicted octanol–water partition coefficient (Wildman–Crippen LogP) is 2.08. The molecule has 2 aromatic rings. The summed E-state index contributed by atoms with van der Waals surface area (Å²) in [6.45, 7) is 0.589. The fourth-order valence-corrected chi connectivity index (χ4v) is 1.54. The van der Waals surface area contributed by atoms with Crippen molar-refractivity contribution in [2.45, 2.75) is 6.42 Å². The van der Waals surface area contributed by atoms with Crippen molar-refractivity contribution in [1.82, 2.24) is 9.97 Å². The van der Waals surface area contributed by atoms with Crippen molar-refractivity contribution < 1.29 is 4.39 Å².